The van der Waals surface area contributed by atoms with E-state index in [1.807, 2.05) is 44.1 Å². The number of amides is 1. The molecule has 1 saturated heterocycles. The predicted octanol–water partition coefficient (Wildman–Crippen LogP) is 4.38. The SMILES string of the molecule is CCOc1cc(C2/C(=C(\O)c3cc(C(C)(C)C)ccc3C)C(=O)C(=O)N2CCN(C)C)ccc1O. The minimum atomic E-state index is -0.813. The van der Waals surface area contributed by atoms with Crippen molar-refractivity contribution in [2.24, 2.45) is 0 Å². The molecule has 2 aromatic rings. The Morgan fingerprint density at radius 1 is 1.11 bits per heavy atom. The van der Waals surface area contributed by atoms with Crippen molar-refractivity contribution < 1.29 is 24.5 Å². The van der Waals surface area contributed by atoms with Gasteiger partial charge in [0.1, 0.15) is 5.76 Å². The Kier molecular flexibility index (Phi) is 7.60. The predicted molar refractivity (Wildman–Crippen MR) is 137 cm³/mol. The van der Waals surface area contributed by atoms with Crippen LogP contribution in [0.1, 0.15) is 56.0 Å². The minimum absolute atomic E-state index is 0.0328. The van der Waals surface area contributed by atoms with Crippen molar-refractivity contribution in [1.29, 1.82) is 0 Å². The van der Waals surface area contributed by atoms with Gasteiger partial charge in [0.05, 0.1) is 18.2 Å². The van der Waals surface area contributed by atoms with Gasteiger partial charge in [-0.05, 0) is 68.2 Å². The molecule has 2 aromatic carbocycles. The Labute approximate surface area is 207 Å². The number of nitrogens with zero attached hydrogens (tertiary/aromatic N) is 2. The summed E-state index contributed by atoms with van der Waals surface area (Å²) in [6.45, 7) is 11.1. The van der Waals surface area contributed by atoms with Crippen LogP contribution in [0, 0.1) is 6.92 Å². The summed E-state index contributed by atoms with van der Waals surface area (Å²) in [6.07, 6.45) is 0. The molecule has 1 aliphatic heterocycles. The molecular weight excluding hydrogens is 444 g/mol. The Morgan fingerprint density at radius 2 is 1.80 bits per heavy atom. The molecule has 1 fully saturated rings. The molecule has 7 nitrogen and oxygen atoms in total. The molecule has 0 aromatic heterocycles. The molecule has 0 saturated carbocycles. The highest BCUT2D eigenvalue weighted by molar-refractivity contribution is 6.46. The summed E-state index contributed by atoms with van der Waals surface area (Å²) in [5.41, 5.74) is 2.78. The number of aliphatic hydroxyl groups is 1. The van der Waals surface area contributed by atoms with E-state index in [1.54, 1.807) is 19.1 Å². The maximum absolute atomic E-state index is 13.3. The molecule has 0 radical (unpaired) electrons. The summed E-state index contributed by atoms with van der Waals surface area (Å²) < 4.78 is 5.55. The molecule has 1 amide bonds. The average Bonchev–Trinajstić information content (AvgIpc) is 3.03. The van der Waals surface area contributed by atoms with Crippen molar-refractivity contribution >= 4 is 17.4 Å². The molecule has 0 aliphatic carbocycles. The number of aromatic hydroxyl groups is 1. The summed E-state index contributed by atoms with van der Waals surface area (Å²) >= 11 is 0. The maximum atomic E-state index is 13.3. The normalized spacial score (nSPS) is 17.9. The number of likely N-dealkylation sites (N-methyl/N-ethyl adjacent to an activating group) is 1. The third kappa shape index (κ3) is 5.35. The van der Waals surface area contributed by atoms with Gasteiger partial charge in [-0.3, -0.25) is 9.59 Å². The third-order valence-corrected chi connectivity index (χ3v) is 6.29. The van der Waals surface area contributed by atoms with Gasteiger partial charge < -0.3 is 24.7 Å². The summed E-state index contributed by atoms with van der Waals surface area (Å²) in [5.74, 6) is -1.36. The van der Waals surface area contributed by atoms with E-state index in [0.29, 0.717) is 30.8 Å². The zero-order chi connectivity index (χ0) is 26.1. The maximum Gasteiger partial charge on any atom is 0.295 e. The van der Waals surface area contributed by atoms with E-state index in [1.165, 1.54) is 11.0 Å². The number of carbonyl (C=O) groups excluding carboxylic acids is 2. The highest BCUT2D eigenvalue weighted by atomic mass is 16.5. The molecule has 2 N–H and O–H groups in total. The Hall–Kier alpha value is -3.32. The molecule has 3 rings (SSSR count). The van der Waals surface area contributed by atoms with Gasteiger partial charge >= 0.3 is 0 Å². The number of Topliss-reactive ketones (excluding diaryl/α,β-unsaturated/α-hetero) is 1. The lowest BCUT2D eigenvalue weighted by atomic mass is 9.84. The summed E-state index contributed by atoms with van der Waals surface area (Å²) in [5, 5.41) is 21.7. The molecule has 188 valence electrons. The van der Waals surface area contributed by atoms with Crippen LogP contribution in [0.25, 0.3) is 5.76 Å². The first-order valence-electron chi connectivity index (χ1n) is 11.9. The molecule has 7 heteroatoms. The number of ether oxygens (including phenoxy) is 1. The molecule has 1 unspecified atom stereocenters. The first-order valence-corrected chi connectivity index (χ1v) is 11.9. The fraction of sp³-hybridized carbons (Fsp3) is 0.429. The van der Waals surface area contributed by atoms with Gasteiger partial charge in [-0.25, -0.2) is 0 Å². The molecule has 0 bridgehead atoms. The number of ketones is 1. The number of benzene rings is 2. The Bertz CT molecular complexity index is 1160. The zero-order valence-corrected chi connectivity index (χ0v) is 21.7. The van der Waals surface area contributed by atoms with Crippen LogP contribution in [0.15, 0.2) is 42.0 Å². The lowest BCUT2D eigenvalue weighted by Gasteiger charge is -2.27. The lowest BCUT2D eigenvalue weighted by Crippen LogP contribution is -2.35. The van der Waals surface area contributed by atoms with Crippen molar-refractivity contribution in [2.75, 3.05) is 33.8 Å². The van der Waals surface area contributed by atoms with Gasteiger partial charge in [-0.1, -0.05) is 39.0 Å². The minimum Gasteiger partial charge on any atom is -0.507 e. The van der Waals surface area contributed by atoms with E-state index in [9.17, 15) is 19.8 Å². The van der Waals surface area contributed by atoms with Crippen LogP contribution in [-0.2, 0) is 15.0 Å². The smallest absolute Gasteiger partial charge is 0.295 e. The van der Waals surface area contributed by atoms with E-state index in [-0.39, 0.29) is 28.2 Å². The van der Waals surface area contributed by atoms with Crippen LogP contribution in [0.4, 0.5) is 0 Å². The van der Waals surface area contributed by atoms with Gasteiger partial charge in [0, 0.05) is 18.7 Å². The first kappa shape index (κ1) is 26.3. The quantitative estimate of drug-likeness (QED) is 0.347. The Morgan fingerprint density at radius 3 is 2.40 bits per heavy atom. The van der Waals surface area contributed by atoms with Gasteiger partial charge in [0.2, 0.25) is 0 Å². The largest absolute Gasteiger partial charge is 0.507 e. The fourth-order valence-corrected chi connectivity index (χ4v) is 4.23. The van der Waals surface area contributed by atoms with Crippen LogP contribution >= 0.6 is 0 Å². The lowest BCUT2D eigenvalue weighted by molar-refractivity contribution is -0.140. The average molecular weight is 481 g/mol. The van der Waals surface area contributed by atoms with E-state index >= 15 is 0 Å². The van der Waals surface area contributed by atoms with Crippen LogP contribution in [0.2, 0.25) is 0 Å². The summed E-state index contributed by atoms with van der Waals surface area (Å²) in [4.78, 5) is 29.9. The van der Waals surface area contributed by atoms with Gasteiger partial charge in [-0.2, -0.15) is 0 Å². The van der Waals surface area contributed by atoms with Crippen molar-refractivity contribution in [1.82, 2.24) is 9.80 Å². The third-order valence-electron chi connectivity index (χ3n) is 6.29. The highest BCUT2D eigenvalue weighted by Gasteiger charge is 2.46. The van der Waals surface area contributed by atoms with E-state index in [2.05, 4.69) is 20.8 Å². The van der Waals surface area contributed by atoms with E-state index in [0.717, 1.165) is 11.1 Å². The number of rotatable bonds is 7. The molecule has 1 aliphatic rings. The van der Waals surface area contributed by atoms with E-state index < -0.39 is 17.7 Å². The van der Waals surface area contributed by atoms with Crippen LogP contribution < -0.4 is 4.74 Å². The van der Waals surface area contributed by atoms with Gasteiger partial charge in [0.15, 0.2) is 11.5 Å². The molecule has 35 heavy (non-hydrogen) atoms. The van der Waals surface area contributed by atoms with Crippen molar-refractivity contribution in [2.45, 2.75) is 46.1 Å². The number of carbonyl (C=O) groups is 2. The van der Waals surface area contributed by atoms with Crippen LogP contribution in [0.3, 0.4) is 0 Å². The number of aliphatic hydroxyl groups excluding tert-OH is 1. The topological polar surface area (TPSA) is 90.3 Å². The monoisotopic (exact) mass is 480 g/mol. The van der Waals surface area contributed by atoms with Crippen molar-refractivity contribution in [3.05, 3.63) is 64.2 Å². The van der Waals surface area contributed by atoms with Crippen molar-refractivity contribution in [3.8, 4) is 11.5 Å². The Balaban J connectivity index is 2.25. The molecule has 1 heterocycles. The fourth-order valence-electron chi connectivity index (χ4n) is 4.23. The van der Waals surface area contributed by atoms with Gasteiger partial charge in [0.25, 0.3) is 11.7 Å². The number of likely N-dealkylation sites (tertiary alicyclic amines) is 1. The second kappa shape index (κ2) is 10.1. The number of phenolic OH excluding ortho intramolecular Hbond substituents is 1. The van der Waals surface area contributed by atoms with Crippen LogP contribution in [-0.4, -0.2) is 65.5 Å². The number of aryl methyl sites for hydroxylation is 1. The second-order valence-corrected chi connectivity index (χ2v) is 10.2. The van der Waals surface area contributed by atoms with Gasteiger partial charge in [-0.15, -0.1) is 0 Å². The molecule has 1 atom stereocenters. The number of hydrogen-bond acceptors (Lipinski definition) is 6. The zero-order valence-electron chi connectivity index (χ0n) is 21.7. The van der Waals surface area contributed by atoms with E-state index in [4.69, 9.17) is 4.74 Å². The highest BCUT2D eigenvalue weighted by Crippen LogP contribution is 2.42. The van der Waals surface area contributed by atoms with Crippen LogP contribution in [0.5, 0.6) is 11.5 Å². The van der Waals surface area contributed by atoms with Crippen molar-refractivity contribution in [3.63, 3.8) is 0 Å². The number of phenols is 1. The molecular formula is C28H36N2O5. The molecule has 0 spiro atoms. The summed E-state index contributed by atoms with van der Waals surface area (Å²) in [7, 11) is 3.78. The second-order valence-electron chi connectivity index (χ2n) is 10.2. The standard InChI is InChI=1S/C28H36N2O5/c1-8-35-22-15-18(10-12-21(22)31)24-23(26(33)27(34)30(24)14-13-29(6)7)25(32)20-16-19(28(3,4)5)11-9-17(20)2/h9-12,15-16,24,31-32H,8,13-14H2,1-7H3/b25-23+. The summed E-state index contributed by atoms with van der Waals surface area (Å²) in [6, 6.07) is 9.77. The first-order chi connectivity index (χ1) is 16.4. The number of hydrogen-bond donors (Lipinski definition) is 2.